The summed E-state index contributed by atoms with van der Waals surface area (Å²) in [5.74, 6) is 0.984. The van der Waals surface area contributed by atoms with Crippen LogP contribution in [0.5, 0.6) is 0 Å². The number of carbonyl (C=O) groups excluding carboxylic acids is 1. The Morgan fingerprint density at radius 3 is 2.22 bits per heavy atom. The third kappa shape index (κ3) is 13.5. The molecule has 3 nitrogen and oxygen atoms in total. The Morgan fingerprint density at radius 2 is 1.61 bits per heavy atom. The predicted molar refractivity (Wildman–Crippen MR) is 78.7 cm³/mol. The summed E-state index contributed by atoms with van der Waals surface area (Å²) in [6.07, 6.45) is 6.33. The van der Waals surface area contributed by atoms with Crippen molar-refractivity contribution in [3.63, 3.8) is 0 Å². The largest absolute Gasteiger partial charge is 0.356 e. The van der Waals surface area contributed by atoms with Gasteiger partial charge in [-0.05, 0) is 31.7 Å². The molecule has 0 aromatic rings. The summed E-state index contributed by atoms with van der Waals surface area (Å²) in [5.41, 5.74) is 0. The van der Waals surface area contributed by atoms with Gasteiger partial charge >= 0.3 is 0 Å². The van der Waals surface area contributed by atoms with Crippen LogP contribution in [0.2, 0.25) is 0 Å². The molecule has 0 radical (unpaired) electrons. The van der Waals surface area contributed by atoms with Gasteiger partial charge in [-0.25, -0.2) is 0 Å². The molecule has 18 heavy (non-hydrogen) atoms. The lowest BCUT2D eigenvalue weighted by Crippen LogP contribution is -2.26. The number of hydrogen-bond donors (Lipinski definition) is 2. The molecule has 108 valence electrons. The smallest absolute Gasteiger partial charge is 0.219 e. The molecule has 0 saturated carbocycles. The second-order valence-corrected chi connectivity index (χ2v) is 5.81. The molecule has 0 aliphatic heterocycles. The molecule has 1 amide bonds. The molecule has 0 spiro atoms. The Labute approximate surface area is 113 Å². The van der Waals surface area contributed by atoms with Gasteiger partial charge in [-0.2, -0.15) is 0 Å². The van der Waals surface area contributed by atoms with Crippen molar-refractivity contribution >= 4 is 5.91 Å². The van der Waals surface area contributed by atoms with Gasteiger partial charge in [0.05, 0.1) is 0 Å². The number of unbranched alkanes of at least 4 members (excludes halogenated alkanes) is 2. The summed E-state index contributed by atoms with van der Waals surface area (Å²) in [6.45, 7) is 10.6. The van der Waals surface area contributed by atoms with Crippen LogP contribution in [0.1, 0.15) is 66.2 Å². The maximum atomic E-state index is 11.5. The van der Waals surface area contributed by atoms with E-state index in [0.717, 1.165) is 38.3 Å². The maximum absolute atomic E-state index is 11.5. The highest BCUT2D eigenvalue weighted by Gasteiger charge is 2.01. The Morgan fingerprint density at radius 1 is 0.944 bits per heavy atom. The normalized spacial score (nSPS) is 11.2. The highest BCUT2D eigenvalue weighted by atomic mass is 16.1. The van der Waals surface area contributed by atoms with E-state index in [4.69, 9.17) is 0 Å². The molecule has 0 atom stereocenters. The molecule has 0 unspecified atom stereocenters. The lowest BCUT2D eigenvalue weighted by atomic mass is 10.1. The van der Waals surface area contributed by atoms with E-state index in [1.165, 1.54) is 12.8 Å². The van der Waals surface area contributed by atoms with Gasteiger partial charge < -0.3 is 10.6 Å². The van der Waals surface area contributed by atoms with Gasteiger partial charge in [0, 0.05) is 19.0 Å². The molecular formula is C15H32N2O. The van der Waals surface area contributed by atoms with E-state index in [1.807, 2.05) is 0 Å². The van der Waals surface area contributed by atoms with Crippen LogP contribution in [-0.4, -0.2) is 25.0 Å². The Bertz CT molecular complexity index is 183. The molecule has 0 heterocycles. The zero-order chi connectivity index (χ0) is 13.8. The minimum absolute atomic E-state index is 0.212. The molecule has 0 rings (SSSR count). The second kappa shape index (κ2) is 11.5. The zero-order valence-electron chi connectivity index (χ0n) is 12.7. The van der Waals surface area contributed by atoms with Crippen molar-refractivity contribution in [1.29, 1.82) is 0 Å². The van der Waals surface area contributed by atoms with E-state index >= 15 is 0 Å². The van der Waals surface area contributed by atoms with E-state index in [2.05, 4.69) is 38.3 Å². The van der Waals surface area contributed by atoms with Gasteiger partial charge in [0.1, 0.15) is 0 Å². The van der Waals surface area contributed by atoms with E-state index in [-0.39, 0.29) is 5.91 Å². The minimum atomic E-state index is 0.212. The first-order valence-corrected chi connectivity index (χ1v) is 7.52. The van der Waals surface area contributed by atoms with Crippen LogP contribution in [-0.2, 0) is 4.79 Å². The second-order valence-electron chi connectivity index (χ2n) is 5.81. The molecule has 0 aliphatic carbocycles. The number of hydrogen-bond acceptors (Lipinski definition) is 2. The summed E-state index contributed by atoms with van der Waals surface area (Å²) in [5, 5.41) is 6.35. The number of rotatable bonds is 11. The van der Waals surface area contributed by atoms with Crippen molar-refractivity contribution in [2.24, 2.45) is 5.92 Å². The first-order valence-electron chi connectivity index (χ1n) is 7.52. The fraction of sp³-hybridized carbons (Fsp3) is 0.933. The van der Waals surface area contributed by atoms with E-state index in [1.54, 1.807) is 0 Å². The molecular weight excluding hydrogens is 224 g/mol. The SMILES string of the molecule is CC(C)CCCCNC(=O)CCCCNC(C)C. The van der Waals surface area contributed by atoms with Gasteiger partial charge in [0.25, 0.3) is 0 Å². The quantitative estimate of drug-likeness (QED) is 0.558. The van der Waals surface area contributed by atoms with Crippen molar-refractivity contribution in [2.75, 3.05) is 13.1 Å². The zero-order valence-corrected chi connectivity index (χ0v) is 12.7. The lowest BCUT2D eigenvalue weighted by molar-refractivity contribution is -0.121. The molecule has 0 aromatic heterocycles. The van der Waals surface area contributed by atoms with Crippen LogP contribution in [0.15, 0.2) is 0 Å². The minimum Gasteiger partial charge on any atom is -0.356 e. The van der Waals surface area contributed by atoms with E-state index in [9.17, 15) is 4.79 Å². The molecule has 0 saturated heterocycles. The fourth-order valence-electron chi connectivity index (χ4n) is 1.80. The van der Waals surface area contributed by atoms with Crippen LogP contribution in [0.3, 0.4) is 0 Å². The first-order chi connectivity index (χ1) is 8.52. The van der Waals surface area contributed by atoms with Crippen LogP contribution >= 0.6 is 0 Å². The predicted octanol–water partition coefficient (Wildman–Crippen LogP) is 3.10. The Hall–Kier alpha value is -0.570. The summed E-state index contributed by atoms with van der Waals surface area (Å²) < 4.78 is 0. The molecule has 2 N–H and O–H groups in total. The summed E-state index contributed by atoms with van der Waals surface area (Å²) in [6, 6.07) is 0.541. The van der Waals surface area contributed by atoms with Crippen molar-refractivity contribution in [3.8, 4) is 0 Å². The number of nitrogens with one attached hydrogen (secondary N) is 2. The van der Waals surface area contributed by atoms with Gasteiger partial charge in [-0.3, -0.25) is 4.79 Å². The van der Waals surface area contributed by atoms with Crippen LogP contribution in [0.25, 0.3) is 0 Å². The number of carbonyl (C=O) groups is 1. The van der Waals surface area contributed by atoms with Crippen LogP contribution < -0.4 is 10.6 Å². The topological polar surface area (TPSA) is 41.1 Å². The first kappa shape index (κ1) is 17.4. The van der Waals surface area contributed by atoms with Crippen molar-refractivity contribution in [3.05, 3.63) is 0 Å². The lowest BCUT2D eigenvalue weighted by Gasteiger charge is -2.08. The van der Waals surface area contributed by atoms with Gasteiger partial charge in [-0.15, -0.1) is 0 Å². The van der Waals surface area contributed by atoms with Crippen LogP contribution in [0, 0.1) is 5.92 Å². The monoisotopic (exact) mass is 256 g/mol. The maximum Gasteiger partial charge on any atom is 0.219 e. The molecule has 0 aromatic carbocycles. The third-order valence-corrected chi connectivity index (χ3v) is 2.91. The Kier molecular flexibility index (Phi) is 11.2. The van der Waals surface area contributed by atoms with E-state index in [0.29, 0.717) is 12.5 Å². The third-order valence-electron chi connectivity index (χ3n) is 2.91. The van der Waals surface area contributed by atoms with Crippen molar-refractivity contribution in [2.45, 2.75) is 72.3 Å². The van der Waals surface area contributed by atoms with Gasteiger partial charge in [0.15, 0.2) is 0 Å². The van der Waals surface area contributed by atoms with Crippen molar-refractivity contribution < 1.29 is 4.79 Å². The summed E-state index contributed by atoms with van der Waals surface area (Å²) in [7, 11) is 0. The van der Waals surface area contributed by atoms with E-state index < -0.39 is 0 Å². The summed E-state index contributed by atoms with van der Waals surface area (Å²) >= 11 is 0. The molecule has 0 aliphatic rings. The number of amides is 1. The standard InChI is InChI=1S/C15H32N2O/c1-13(2)9-5-7-12-17-15(18)10-6-8-11-16-14(3)4/h13-14,16H,5-12H2,1-4H3,(H,17,18). The fourth-order valence-corrected chi connectivity index (χ4v) is 1.80. The molecule has 0 bridgehead atoms. The van der Waals surface area contributed by atoms with Crippen LogP contribution in [0.4, 0.5) is 0 Å². The van der Waals surface area contributed by atoms with Gasteiger partial charge in [0.2, 0.25) is 5.91 Å². The Balaban J connectivity index is 3.22. The molecule has 3 heteroatoms. The highest BCUT2D eigenvalue weighted by molar-refractivity contribution is 5.75. The highest BCUT2D eigenvalue weighted by Crippen LogP contribution is 2.05. The summed E-state index contributed by atoms with van der Waals surface area (Å²) in [4.78, 5) is 11.5. The van der Waals surface area contributed by atoms with Gasteiger partial charge in [-0.1, -0.05) is 40.5 Å². The molecule has 0 fully saturated rings. The average Bonchev–Trinajstić information content (AvgIpc) is 2.27. The average molecular weight is 256 g/mol. The van der Waals surface area contributed by atoms with Crippen molar-refractivity contribution in [1.82, 2.24) is 10.6 Å².